The topological polar surface area (TPSA) is 97.7 Å². The van der Waals surface area contributed by atoms with Gasteiger partial charge in [0.05, 0.1) is 34.9 Å². The molecule has 1 aromatic heterocycles. The number of imide groups is 1. The third-order valence-corrected chi connectivity index (χ3v) is 10.4. The second-order valence-corrected chi connectivity index (χ2v) is 12.7. The van der Waals surface area contributed by atoms with Crippen LogP contribution in [0.5, 0.6) is 5.75 Å². The molecular formula is C31H21F6N3O5S2. The minimum atomic E-state index is -4.88. The molecule has 3 amide bonds. The van der Waals surface area contributed by atoms with Crippen LogP contribution in [-0.2, 0) is 33.3 Å². The second kappa shape index (κ2) is 11.9. The van der Waals surface area contributed by atoms with Gasteiger partial charge in [0.2, 0.25) is 17.7 Å². The van der Waals surface area contributed by atoms with E-state index in [9.17, 15) is 45.5 Å². The molecule has 8 nitrogen and oxygen atoms in total. The summed E-state index contributed by atoms with van der Waals surface area (Å²) in [5.41, 5.74) is -2.49. The summed E-state index contributed by atoms with van der Waals surface area (Å²) in [5, 5.41) is 1.22. The Balaban J connectivity index is 1.40. The van der Waals surface area contributed by atoms with Crippen LogP contribution >= 0.6 is 23.1 Å². The van der Waals surface area contributed by atoms with Crippen molar-refractivity contribution in [3.8, 4) is 5.75 Å². The fourth-order valence-corrected chi connectivity index (χ4v) is 8.46. The van der Waals surface area contributed by atoms with Gasteiger partial charge in [0.15, 0.2) is 0 Å². The van der Waals surface area contributed by atoms with Crippen LogP contribution in [0.25, 0.3) is 0 Å². The summed E-state index contributed by atoms with van der Waals surface area (Å²) in [6, 6.07) is 14.5. The van der Waals surface area contributed by atoms with Gasteiger partial charge in [-0.15, -0.1) is 0 Å². The summed E-state index contributed by atoms with van der Waals surface area (Å²) >= 11 is 1.49. The average Bonchev–Trinajstić information content (AvgIpc) is 3.46. The number of amides is 3. The number of aromatic nitrogens is 1. The molecule has 4 aromatic rings. The molecule has 1 N–H and O–H groups in total. The highest BCUT2D eigenvalue weighted by Crippen LogP contribution is 2.54. The first-order valence-electron chi connectivity index (χ1n) is 13.7. The van der Waals surface area contributed by atoms with Gasteiger partial charge in [-0.2, -0.15) is 26.3 Å². The Morgan fingerprint density at radius 3 is 2.26 bits per heavy atom. The normalized spacial score (nSPS) is 19.4. The number of rotatable bonds is 6. The number of fused-ring (bicyclic) bond motifs is 2. The fraction of sp³-hybridized carbons (Fsp3) is 0.226. The lowest BCUT2D eigenvalue weighted by atomic mass is 9.83. The summed E-state index contributed by atoms with van der Waals surface area (Å²) in [4.78, 5) is 54.3. The minimum absolute atomic E-state index is 0.147. The number of benzene rings is 3. The summed E-state index contributed by atoms with van der Waals surface area (Å²) in [6.07, 6.45) is -9.53. The molecule has 1 saturated heterocycles. The number of thioether (sulfide) groups is 1. The van der Waals surface area contributed by atoms with E-state index in [4.69, 9.17) is 4.74 Å². The molecule has 1 fully saturated rings. The van der Waals surface area contributed by atoms with Gasteiger partial charge in [-0.25, -0.2) is 4.90 Å². The van der Waals surface area contributed by atoms with Crippen LogP contribution < -0.4 is 19.8 Å². The van der Waals surface area contributed by atoms with E-state index >= 15 is 0 Å². The molecule has 0 saturated carbocycles. The minimum Gasteiger partial charge on any atom is -0.497 e. The Hall–Kier alpha value is -4.57. The largest absolute Gasteiger partial charge is 0.497 e. The number of carbonyl (C=O) groups is 3. The van der Waals surface area contributed by atoms with Crippen LogP contribution in [-0.4, -0.2) is 34.6 Å². The zero-order chi connectivity index (χ0) is 33.8. The quantitative estimate of drug-likeness (QED) is 0.186. The smallest absolute Gasteiger partial charge is 0.418 e. The number of ether oxygens (including phenoxy) is 1. The third-order valence-electron chi connectivity index (χ3n) is 7.75. The molecule has 3 atom stereocenters. The van der Waals surface area contributed by atoms with E-state index in [2.05, 4.69) is 5.32 Å². The van der Waals surface area contributed by atoms with Crippen molar-refractivity contribution in [2.24, 2.45) is 5.92 Å². The highest BCUT2D eigenvalue weighted by atomic mass is 32.2. The SMILES string of the molecule is COc1ccc([C@@H]2c3sc(=O)n(CC(=O)Nc4cccc(C(F)(F)F)c4)c3S[C@H]3C(=O)N(c4ccccc4C(F)(F)F)C(=O)[C@@H]23)cc1. The monoisotopic (exact) mass is 693 g/mol. The Labute approximate surface area is 269 Å². The lowest BCUT2D eigenvalue weighted by molar-refractivity contribution is -0.138. The molecule has 0 spiro atoms. The molecular weight excluding hydrogens is 672 g/mol. The highest BCUT2D eigenvalue weighted by Gasteiger charge is 2.57. The van der Waals surface area contributed by atoms with Crippen LogP contribution in [0.1, 0.15) is 27.5 Å². The second-order valence-electron chi connectivity index (χ2n) is 10.6. The zero-order valence-electron chi connectivity index (χ0n) is 23.9. The van der Waals surface area contributed by atoms with Crippen LogP contribution in [0.3, 0.4) is 0 Å². The van der Waals surface area contributed by atoms with Crippen molar-refractivity contribution in [1.82, 2.24) is 4.57 Å². The van der Waals surface area contributed by atoms with Crippen molar-refractivity contribution < 1.29 is 45.5 Å². The number of hydrogen-bond donors (Lipinski definition) is 1. The highest BCUT2D eigenvalue weighted by molar-refractivity contribution is 8.00. The number of anilines is 2. The molecule has 3 aromatic carbocycles. The molecule has 2 aliphatic heterocycles. The number of halogens is 6. The zero-order valence-corrected chi connectivity index (χ0v) is 25.5. The van der Waals surface area contributed by atoms with Gasteiger partial charge in [-0.1, -0.05) is 53.4 Å². The predicted molar refractivity (Wildman–Crippen MR) is 161 cm³/mol. The van der Waals surface area contributed by atoms with E-state index in [1.165, 1.54) is 19.2 Å². The van der Waals surface area contributed by atoms with Gasteiger partial charge in [-0.05, 0) is 48.0 Å². The standard InChI is InChI=1S/C31H21F6N3O5S2/c1-45-18-11-9-15(10-12-18)22-23-24(27(43)40(26(23)42)20-8-3-2-7-19(20)31(35,36)37)46-28-25(22)47-29(44)39(28)14-21(41)38-17-6-4-5-16(13-17)30(32,33)34/h2-13,22-24H,14H2,1H3,(H,38,41)/t22-,23-,24+/m0/s1. The molecule has 244 valence electrons. The molecule has 2 aliphatic rings. The molecule has 0 unspecified atom stereocenters. The lowest BCUT2D eigenvalue weighted by Gasteiger charge is -2.30. The number of methoxy groups -OCH3 is 1. The molecule has 6 rings (SSSR count). The number of nitrogens with zero attached hydrogens (tertiary/aromatic N) is 2. The van der Waals surface area contributed by atoms with Crippen LogP contribution in [0.2, 0.25) is 0 Å². The Morgan fingerprint density at radius 1 is 0.894 bits per heavy atom. The van der Waals surface area contributed by atoms with Crippen LogP contribution in [0, 0.1) is 5.92 Å². The van der Waals surface area contributed by atoms with Crippen molar-refractivity contribution >= 4 is 52.2 Å². The van der Waals surface area contributed by atoms with E-state index in [-0.39, 0.29) is 10.7 Å². The number of hydrogen-bond acceptors (Lipinski definition) is 7. The lowest BCUT2D eigenvalue weighted by Crippen LogP contribution is -2.33. The molecule has 0 radical (unpaired) electrons. The Morgan fingerprint density at radius 2 is 1.60 bits per heavy atom. The van der Waals surface area contributed by atoms with Gasteiger partial charge in [0.25, 0.3) is 0 Å². The van der Waals surface area contributed by atoms with Crippen molar-refractivity contribution in [2.75, 3.05) is 17.3 Å². The van der Waals surface area contributed by atoms with Gasteiger partial charge in [-0.3, -0.25) is 23.7 Å². The third kappa shape index (κ3) is 5.91. The fourth-order valence-electron chi connectivity index (χ4n) is 5.69. The summed E-state index contributed by atoms with van der Waals surface area (Å²) in [7, 11) is 1.44. The molecule has 47 heavy (non-hydrogen) atoms. The van der Waals surface area contributed by atoms with Crippen molar-refractivity contribution in [1.29, 1.82) is 0 Å². The molecule has 0 aliphatic carbocycles. The number of nitrogens with one attached hydrogen (secondary N) is 1. The van der Waals surface area contributed by atoms with Gasteiger partial charge in [0.1, 0.15) is 17.5 Å². The Bertz CT molecular complexity index is 1950. The van der Waals surface area contributed by atoms with Crippen LogP contribution in [0.15, 0.2) is 82.6 Å². The van der Waals surface area contributed by atoms with Gasteiger partial charge < -0.3 is 10.1 Å². The first-order valence-corrected chi connectivity index (χ1v) is 15.4. The maximum atomic E-state index is 14.0. The number of thiazole rings is 1. The summed E-state index contributed by atoms with van der Waals surface area (Å²) < 4.78 is 87.7. The average molecular weight is 694 g/mol. The first kappa shape index (κ1) is 32.4. The van der Waals surface area contributed by atoms with Crippen molar-refractivity contribution in [2.45, 2.75) is 35.1 Å². The first-order chi connectivity index (χ1) is 22.2. The van der Waals surface area contributed by atoms with E-state index in [1.807, 2.05) is 0 Å². The number of carbonyl (C=O) groups excluding carboxylic acids is 3. The maximum Gasteiger partial charge on any atom is 0.418 e. The van der Waals surface area contributed by atoms with Crippen LogP contribution in [0.4, 0.5) is 37.7 Å². The predicted octanol–water partition coefficient (Wildman–Crippen LogP) is 6.39. The van der Waals surface area contributed by atoms with Crippen molar-refractivity contribution in [3.63, 3.8) is 0 Å². The van der Waals surface area contributed by atoms with E-state index in [0.29, 0.717) is 32.4 Å². The van der Waals surface area contributed by atoms with E-state index in [0.717, 1.165) is 52.7 Å². The van der Waals surface area contributed by atoms with E-state index in [1.54, 1.807) is 24.3 Å². The molecule has 0 bridgehead atoms. The summed E-state index contributed by atoms with van der Waals surface area (Å²) in [5.74, 6) is -4.37. The molecule has 16 heteroatoms. The van der Waals surface area contributed by atoms with E-state index < -0.39 is 75.4 Å². The number of alkyl halides is 6. The maximum absolute atomic E-state index is 14.0. The van der Waals surface area contributed by atoms with Gasteiger partial charge >= 0.3 is 17.2 Å². The Kier molecular flexibility index (Phi) is 8.20. The molecule has 3 heterocycles. The van der Waals surface area contributed by atoms with Gasteiger partial charge in [0, 0.05) is 16.5 Å². The summed E-state index contributed by atoms with van der Waals surface area (Å²) in [6.45, 7) is -0.649. The number of para-hydroxylation sites is 1. The van der Waals surface area contributed by atoms with Crippen molar-refractivity contribution in [3.05, 3.63) is 104 Å².